The average Bonchev–Trinajstić information content (AvgIpc) is 3.38. The fraction of sp³-hybridized carbons (Fsp3) is 0.241. The minimum atomic E-state index is -0.749. The Balaban J connectivity index is 1.39. The highest BCUT2D eigenvalue weighted by molar-refractivity contribution is 6.31. The number of anilines is 1. The number of hydrogen-bond acceptors (Lipinski definition) is 7. The molecule has 1 unspecified atom stereocenters. The van der Waals surface area contributed by atoms with Gasteiger partial charge in [0.25, 0.3) is 5.56 Å². The van der Waals surface area contributed by atoms with Crippen LogP contribution in [0.15, 0.2) is 72.0 Å². The van der Waals surface area contributed by atoms with E-state index in [1.165, 1.54) is 22.4 Å². The molecule has 10 nitrogen and oxygen atoms in total. The van der Waals surface area contributed by atoms with Crippen LogP contribution in [-0.4, -0.2) is 42.5 Å². The van der Waals surface area contributed by atoms with Crippen molar-refractivity contribution in [2.75, 3.05) is 12.4 Å². The molecule has 1 atom stereocenters. The van der Waals surface area contributed by atoms with Gasteiger partial charge in [-0.1, -0.05) is 47.7 Å². The third-order valence-electron chi connectivity index (χ3n) is 7.38. The van der Waals surface area contributed by atoms with Crippen molar-refractivity contribution in [1.82, 2.24) is 29.5 Å². The van der Waals surface area contributed by atoms with Crippen LogP contribution in [0.1, 0.15) is 31.7 Å². The van der Waals surface area contributed by atoms with Gasteiger partial charge in [-0.2, -0.15) is 0 Å². The van der Waals surface area contributed by atoms with E-state index in [2.05, 4.69) is 25.6 Å². The first-order valence-corrected chi connectivity index (χ1v) is 13.8. The molecule has 208 valence electrons. The van der Waals surface area contributed by atoms with E-state index in [-0.39, 0.29) is 16.6 Å². The molecular formula is C29H25Cl2N7O3. The number of methoxy groups -OCH3 is 1. The summed E-state index contributed by atoms with van der Waals surface area (Å²) in [5.41, 5.74) is 3.30. The SMILES string of the molecule is COc1cn(C(CC2CCC2)C(=O)Nc2ccc3nccnc3c2)c(=O)cc1-c1cc(Cl)ccc1-n1cc(Cl)nn1. The minimum Gasteiger partial charge on any atom is -0.495 e. The maximum Gasteiger partial charge on any atom is 0.252 e. The fourth-order valence-corrected chi connectivity index (χ4v) is 5.39. The lowest BCUT2D eigenvalue weighted by Crippen LogP contribution is -2.35. The molecule has 0 saturated heterocycles. The summed E-state index contributed by atoms with van der Waals surface area (Å²) >= 11 is 12.4. The van der Waals surface area contributed by atoms with Crippen LogP contribution in [-0.2, 0) is 4.79 Å². The number of carbonyl (C=O) groups excluding carboxylic acids is 1. The van der Waals surface area contributed by atoms with Gasteiger partial charge in [-0.3, -0.25) is 24.1 Å². The molecule has 0 spiro atoms. The molecule has 1 amide bonds. The zero-order chi connectivity index (χ0) is 28.5. The first-order chi connectivity index (χ1) is 19.9. The van der Waals surface area contributed by atoms with Gasteiger partial charge in [0.2, 0.25) is 5.91 Å². The highest BCUT2D eigenvalue weighted by Gasteiger charge is 2.30. The second-order valence-electron chi connectivity index (χ2n) is 9.95. The highest BCUT2D eigenvalue weighted by Crippen LogP contribution is 2.38. The van der Waals surface area contributed by atoms with Crippen molar-refractivity contribution in [3.8, 4) is 22.6 Å². The quantitative estimate of drug-likeness (QED) is 0.246. The van der Waals surface area contributed by atoms with Gasteiger partial charge in [0.1, 0.15) is 11.8 Å². The molecule has 1 aliphatic rings. The summed E-state index contributed by atoms with van der Waals surface area (Å²) in [4.78, 5) is 36.0. The Labute approximate surface area is 244 Å². The lowest BCUT2D eigenvalue weighted by atomic mass is 9.80. The Morgan fingerprint density at radius 1 is 1.05 bits per heavy atom. The van der Waals surface area contributed by atoms with Crippen molar-refractivity contribution < 1.29 is 9.53 Å². The number of benzene rings is 2. The predicted octanol–water partition coefficient (Wildman–Crippen LogP) is 5.72. The standard InChI is InChI=1S/C29H25Cl2N7O3/c1-41-26-15-37(28(39)14-21(26)20-12-18(30)5-8-24(20)38-16-27(31)35-36-38)25(11-17-3-2-4-17)29(40)34-19-6-7-22-23(13-19)33-10-9-32-22/h5-10,12-17,25H,2-4,11H2,1H3,(H,34,40). The van der Waals surface area contributed by atoms with E-state index in [4.69, 9.17) is 27.9 Å². The molecule has 3 heterocycles. The summed E-state index contributed by atoms with van der Waals surface area (Å²) in [5, 5.41) is 11.6. The third-order valence-corrected chi connectivity index (χ3v) is 7.79. The first kappa shape index (κ1) is 26.9. The van der Waals surface area contributed by atoms with Crippen LogP contribution in [0.3, 0.4) is 0 Å². The highest BCUT2D eigenvalue weighted by atomic mass is 35.5. The number of nitrogens with zero attached hydrogens (tertiary/aromatic N) is 6. The van der Waals surface area contributed by atoms with Crippen molar-refractivity contribution >= 4 is 45.8 Å². The van der Waals surface area contributed by atoms with Gasteiger partial charge in [0, 0.05) is 40.3 Å². The Morgan fingerprint density at radius 3 is 2.56 bits per heavy atom. The summed E-state index contributed by atoms with van der Waals surface area (Å²) in [5.74, 6) is 0.451. The molecule has 5 aromatic rings. The third kappa shape index (κ3) is 5.53. The molecule has 1 N–H and O–H groups in total. The van der Waals surface area contributed by atoms with Crippen LogP contribution in [0, 0.1) is 5.92 Å². The molecule has 0 bridgehead atoms. The lowest BCUT2D eigenvalue weighted by molar-refractivity contribution is -0.120. The van der Waals surface area contributed by atoms with Gasteiger partial charge in [-0.05, 0) is 48.7 Å². The molecule has 12 heteroatoms. The zero-order valence-electron chi connectivity index (χ0n) is 22.0. The van der Waals surface area contributed by atoms with Crippen molar-refractivity contribution in [1.29, 1.82) is 0 Å². The zero-order valence-corrected chi connectivity index (χ0v) is 23.5. The second kappa shape index (κ2) is 11.3. The van der Waals surface area contributed by atoms with E-state index in [1.54, 1.807) is 61.2 Å². The van der Waals surface area contributed by atoms with Crippen molar-refractivity contribution in [3.63, 3.8) is 0 Å². The van der Waals surface area contributed by atoms with Crippen LogP contribution in [0.4, 0.5) is 5.69 Å². The van der Waals surface area contributed by atoms with E-state index in [0.717, 1.165) is 24.8 Å². The predicted molar refractivity (Wildman–Crippen MR) is 157 cm³/mol. The molecule has 1 saturated carbocycles. The fourth-order valence-electron chi connectivity index (χ4n) is 5.09. The molecule has 1 fully saturated rings. The van der Waals surface area contributed by atoms with Gasteiger partial charge >= 0.3 is 0 Å². The molecular weight excluding hydrogens is 565 g/mol. The summed E-state index contributed by atoms with van der Waals surface area (Å²) in [6.07, 6.45) is 10.0. The summed E-state index contributed by atoms with van der Waals surface area (Å²) in [6, 6.07) is 11.2. The maximum atomic E-state index is 13.7. The minimum absolute atomic E-state index is 0.219. The number of aromatic nitrogens is 6. The number of pyridine rings is 1. The number of amides is 1. The largest absolute Gasteiger partial charge is 0.495 e. The van der Waals surface area contributed by atoms with Crippen LogP contribution in [0.5, 0.6) is 5.75 Å². The molecule has 3 aromatic heterocycles. The smallest absolute Gasteiger partial charge is 0.252 e. The molecule has 41 heavy (non-hydrogen) atoms. The Bertz CT molecular complexity index is 1820. The van der Waals surface area contributed by atoms with Crippen molar-refractivity contribution in [3.05, 3.63) is 87.8 Å². The van der Waals surface area contributed by atoms with Crippen LogP contribution in [0.25, 0.3) is 27.8 Å². The van der Waals surface area contributed by atoms with E-state index < -0.39 is 6.04 Å². The van der Waals surface area contributed by atoms with E-state index in [1.807, 2.05) is 0 Å². The molecule has 0 aliphatic heterocycles. The van der Waals surface area contributed by atoms with E-state index in [0.29, 0.717) is 51.1 Å². The van der Waals surface area contributed by atoms with E-state index >= 15 is 0 Å². The number of rotatable bonds is 8. The van der Waals surface area contributed by atoms with Gasteiger partial charge in [-0.25, -0.2) is 4.68 Å². The first-order valence-electron chi connectivity index (χ1n) is 13.1. The van der Waals surface area contributed by atoms with Crippen molar-refractivity contribution in [2.24, 2.45) is 5.92 Å². The molecule has 2 aromatic carbocycles. The topological polar surface area (TPSA) is 117 Å². The molecule has 1 aliphatic carbocycles. The van der Waals surface area contributed by atoms with Gasteiger partial charge in [0.15, 0.2) is 5.15 Å². The van der Waals surface area contributed by atoms with Crippen molar-refractivity contribution in [2.45, 2.75) is 31.7 Å². The van der Waals surface area contributed by atoms with Crippen LogP contribution >= 0.6 is 23.2 Å². The number of hydrogen-bond donors (Lipinski definition) is 1. The lowest BCUT2D eigenvalue weighted by Gasteiger charge is -2.30. The normalized spacial score (nSPS) is 14.0. The summed E-state index contributed by atoms with van der Waals surface area (Å²) in [6.45, 7) is 0. The number of nitrogens with one attached hydrogen (secondary N) is 1. The Hall–Kier alpha value is -4.28. The van der Waals surface area contributed by atoms with Gasteiger partial charge in [-0.15, -0.1) is 5.10 Å². The van der Waals surface area contributed by atoms with Gasteiger partial charge < -0.3 is 10.1 Å². The number of ether oxygens (including phenoxy) is 1. The summed E-state index contributed by atoms with van der Waals surface area (Å²) < 4.78 is 8.70. The average molecular weight is 590 g/mol. The Kier molecular flexibility index (Phi) is 7.42. The van der Waals surface area contributed by atoms with Crippen LogP contribution < -0.4 is 15.6 Å². The number of carbonyl (C=O) groups is 1. The van der Waals surface area contributed by atoms with Gasteiger partial charge in [0.05, 0.1) is 36.2 Å². The molecule has 6 rings (SSSR count). The van der Waals surface area contributed by atoms with Crippen LogP contribution in [0.2, 0.25) is 10.2 Å². The Morgan fingerprint density at radius 2 is 1.85 bits per heavy atom. The number of halogens is 2. The summed E-state index contributed by atoms with van der Waals surface area (Å²) in [7, 11) is 1.52. The number of fused-ring (bicyclic) bond motifs is 1. The molecule has 0 radical (unpaired) electrons. The van der Waals surface area contributed by atoms with E-state index in [9.17, 15) is 9.59 Å². The monoisotopic (exact) mass is 589 g/mol. The maximum absolute atomic E-state index is 13.7. The second-order valence-corrected chi connectivity index (χ2v) is 10.8.